The molecule has 0 fully saturated rings. The zero-order valence-corrected chi connectivity index (χ0v) is 10.4. The van der Waals surface area contributed by atoms with Crippen LogP contribution in [0, 0.1) is 5.82 Å². The third-order valence-corrected chi connectivity index (χ3v) is 2.90. The Balaban J connectivity index is 1.99. The minimum atomic E-state index is -0.188. The van der Waals surface area contributed by atoms with Crippen LogP contribution in [0.2, 0.25) is 0 Å². The predicted molar refractivity (Wildman–Crippen MR) is 69.7 cm³/mol. The van der Waals surface area contributed by atoms with Crippen LogP contribution in [0.5, 0.6) is 0 Å². The molecule has 0 saturated heterocycles. The molecule has 1 aromatic carbocycles. The molecule has 2 N–H and O–H groups in total. The molecular weight excluding hydrogens is 215 g/mol. The lowest BCUT2D eigenvalue weighted by Crippen LogP contribution is -2.23. The van der Waals surface area contributed by atoms with Crippen molar-refractivity contribution in [1.82, 2.24) is 10.3 Å². The lowest BCUT2D eigenvalue weighted by molar-refractivity contribution is 0.571. The van der Waals surface area contributed by atoms with Crippen molar-refractivity contribution >= 4 is 10.9 Å². The summed E-state index contributed by atoms with van der Waals surface area (Å²) in [7, 11) is 0. The summed E-state index contributed by atoms with van der Waals surface area (Å²) in [4.78, 5) is 3.12. The molecular formula is C14H19FN2. The maximum absolute atomic E-state index is 13.0. The van der Waals surface area contributed by atoms with Gasteiger partial charge in [-0.1, -0.05) is 13.8 Å². The van der Waals surface area contributed by atoms with E-state index in [4.69, 9.17) is 0 Å². The van der Waals surface area contributed by atoms with Crippen LogP contribution in [0.4, 0.5) is 4.39 Å². The predicted octanol–water partition coefficient (Wildman–Crippen LogP) is 3.24. The third-order valence-electron chi connectivity index (χ3n) is 2.90. The minimum absolute atomic E-state index is 0.188. The third kappa shape index (κ3) is 3.07. The summed E-state index contributed by atoms with van der Waals surface area (Å²) in [5.74, 6) is -0.188. The summed E-state index contributed by atoms with van der Waals surface area (Å²) in [5, 5.41) is 4.53. The highest BCUT2D eigenvalue weighted by Gasteiger charge is 2.04. The molecule has 17 heavy (non-hydrogen) atoms. The first kappa shape index (κ1) is 12.1. The maximum Gasteiger partial charge on any atom is 0.125 e. The Morgan fingerprint density at radius 1 is 1.35 bits per heavy atom. The molecule has 92 valence electrons. The summed E-state index contributed by atoms with van der Waals surface area (Å²) < 4.78 is 13.0. The lowest BCUT2D eigenvalue weighted by Gasteiger charge is -2.07. The molecule has 0 bridgehead atoms. The van der Waals surface area contributed by atoms with Crippen molar-refractivity contribution in [2.24, 2.45) is 0 Å². The molecule has 2 nitrogen and oxygen atoms in total. The molecule has 3 heteroatoms. The fraction of sp³-hybridized carbons (Fsp3) is 0.429. The normalized spacial score (nSPS) is 11.5. The molecule has 0 spiro atoms. The highest BCUT2D eigenvalue weighted by Crippen LogP contribution is 2.20. The van der Waals surface area contributed by atoms with Gasteiger partial charge in [0, 0.05) is 23.1 Å². The van der Waals surface area contributed by atoms with Crippen molar-refractivity contribution < 1.29 is 4.39 Å². The van der Waals surface area contributed by atoms with Crippen molar-refractivity contribution in [1.29, 1.82) is 0 Å². The Kier molecular flexibility index (Phi) is 3.79. The monoisotopic (exact) mass is 234 g/mol. The molecule has 0 aliphatic carbocycles. The molecule has 2 rings (SSSR count). The van der Waals surface area contributed by atoms with E-state index >= 15 is 0 Å². The first-order valence-corrected chi connectivity index (χ1v) is 6.15. The highest BCUT2D eigenvalue weighted by atomic mass is 19.1. The van der Waals surface area contributed by atoms with Gasteiger partial charge in [0.15, 0.2) is 0 Å². The number of rotatable bonds is 5. The zero-order chi connectivity index (χ0) is 12.3. The highest BCUT2D eigenvalue weighted by molar-refractivity contribution is 5.83. The first-order chi connectivity index (χ1) is 8.16. The van der Waals surface area contributed by atoms with Crippen molar-refractivity contribution in [2.45, 2.75) is 32.7 Å². The van der Waals surface area contributed by atoms with Gasteiger partial charge in [-0.25, -0.2) is 4.39 Å². The Morgan fingerprint density at radius 2 is 2.18 bits per heavy atom. The second kappa shape index (κ2) is 5.32. The Bertz CT molecular complexity index is 488. The van der Waals surface area contributed by atoms with E-state index in [1.165, 1.54) is 11.6 Å². The Morgan fingerprint density at radius 3 is 2.94 bits per heavy atom. The van der Waals surface area contributed by atoms with Crippen LogP contribution in [-0.4, -0.2) is 17.6 Å². The Hall–Kier alpha value is -1.35. The smallest absolute Gasteiger partial charge is 0.125 e. The van der Waals surface area contributed by atoms with Gasteiger partial charge >= 0.3 is 0 Å². The number of aromatic amines is 1. The van der Waals surface area contributed by atoms with Gasteiger partial charge in [0.2, 0.25) is 0 Å². The SMILES string of the molecule is CC(C)NCCCc1c[nH]c2cc(F)ccc12. The van der Waals surface area contributed by atoms with Crippen molar-refractivity contribution in [3.8, 4) is 0 Å². The molecule has 0 aliphatic rings. The van der Waals surface area contributed by atoms with Crippen LogP contribution in [0.3, 0.4) is 0 Å². The number of H-pyrrole nitrogens is 1. The molecule has 0 unspecified atom stereocenters. The molecule has 2 aromatic rings. The van der Waals surface area contributed by atoms with E-state index in [2.05, 4.69) is 24.1 Å². The van der Waals surface area contributed by atoms with Gasteiger partial charge in [0.1, 0.15) is 5.82 Å². The van der Waals surface area contributed by atoms with E-state index in [1.807, 2.05) is 12.3 Å². The van der Waals surface area contributed by atoms with E-state index in [1.54, 1.807) is 6.07 Å². The van der Waals surface area contributed by atoms with Gasteiger partial charge in [-0.05, 0) is 43.1 Å². The number of hydrogen-bond acceptors (Lipinski definition) is 1. The summed E-state index contributed by atoms with van der Waals surface area (Å²) in [5.41, 5.74) is 2.15. The quantitative estimate of drug-likeness (QED) is 0.764. The molecule has 0 saturated carbocycles. The standard InChI is InChI=1S/C14H19FN2/c1-10(2)16-7-3-4-11-9-17-14-8-12(15)5-6-13(11)14/h5-6,8-10,16-17H,3-4,7H2,1-2H3. The van der Waals surface area contributed by atoms with E-state index in [9.17, 15) is 4.39 Å². The summed E-state index contributed by atoms with van der Waals surface area (Å²) >= 11 is 0. The summed E-state index contributed by atoms with van der Waals surface area (Å²) in [6.45, 7) is 5.31. The van der Waals surface area contributed by atoms with Gasteiger partial charge in [0.05, 0.1) is 0 Å². The van der Waals surface area contributed by atoms with Gasteiger partial charge in [-0.3, -0.25) is 0 Å². The van der Waals surface area contributed by atoms with Crippen LogP contribution in [0.25, 0.3) is 10.9 Å². The molecule has 1 heterocycles. The van der Waals surface area contributed by atoms with E-state index in [0.29, 0.717) is 6.04 Å². The van der Waals surface area contributed by atoms with Crippen LogP contribution in [0.1, 0.15) is 25.8 Å². The molecule has 0 amide bonds. The summed E-state index contributed by atoms with van der Waals surface area (Å²) in [6.07, 6.45) is 4.10. The Labute approximate surface area is 101 Å². The number of benzene rings is 1. The first-order valence-electron chi connectivity index (χ1n) is 6.15. The second-order valence-electron chi connectivity index (χ2n) is 4.72. The van der Waals surface area contributed by atoms with Gasteiger partial charge in [-0.2, -0.15) is 0 Å². The zero-order valence-electron chi connectivity index (χ0n) is 10.4. The number of halogens is 1. The van der Waals surface area contributed by atoms with E-state index in [-0.39, 0.29) is 5.82 Å². The number of fused-ring (bicyclic) bond motifs is 1. The average molecular weight is 234 g/mol. The van der Waals surface area contributed by atoms with Gasteiger partial charge in [-0.15, -0.1) is 0 Å². The van der Waals surface area contributed by atoms with Crippen molar-refractivity contribution in [3.05, 3.63) is 35.8 Å². The van der Waals surface area contributed by atoms with Crippen molar-refractivity contribution in [3.63, 3.8) is 0 Å². The van der Waals surface area contributed by atoms with E-state index in [0.717, 1.165) is 30.3 Å². The number of aryl methyl sites for hydroxylation is 1. The van der Waals surface area contributed by atoms with Gasteiger partial charge < -0.3 is 10.3 Å². The molecule has 0 atom stereocenters. The molecule has 0 aliphatic heterocycles. The van der Waals surface area contributed by atoms with Crippen molar-refractivity contribution in [2.75, 3.05) is 6.54 Å². The molecule has 1 aromatic heterocycles. The number of hydrogen-bond donors (Lipinski definition) is 2. The van der Waals surface area contributed by atoms with Crippen LogP contribution in [0.15, 0.2) is 24.4 Å². The largest absolute Gasteiger partial charge is 0.361 e. The fourth-order valence-electron chi connectivity index (χ4n) is 2.03. The minimum Gasteiger partial charge on any atom is -0.361 e. The molecule has 0 radical (unpaired) electrons. The topological polar surface area (TPSA) is 27.8 Å². The second-order valence-corrected chi connectivity index (χ2v) is 4.72. The van der Waals surface area contributed by atoms with Crippen LogP contribution < -0.4 is 5.32 Å². The van der Waals surface area contributed by atoms with E-state index < -0.39 is 0 Å². The summed E-state index contributed by atoms with van der Waals surface area (Å²) in [6, 6.07) is 5.45. The lowest BCUT2D eigenvalue weighted by atomic mass is 10.1. The van der Waals surface area contributed by atoms with Gasteiger partial charge in [0.25, 0.3) is 0 Å². The van der Waals surface area contributed by atoms with Crippen LogP contribution in [-0.2, 0) is 6.42 Å². The number of aromatic nitrogens is 1. The van der Waals surface area contributed by atoms with Crippen LogP contribution >= 0.6 is 0 Å². The average Bonchev–Trinajstić information content (AvgIpc) is 2.66. The maximum atomic E-state index is 13.0. The number of nitrogens with one attached hydrogen (secondary N) is 2. The fourth-order valence-corrected chi connectivity index (χ4v) is 2.03.